The molecule has 0 saturated heterocycles. The summed E-state index contributed by atoms with van der Waals surface area (Å²) in [6.45, 7) is 8.88. The standard InChI is InChI=1S/C17H29BN2/c1-12(2)19-17-11-14-10-15(18)8-6-5-7-9-16(14)20(17)13(3)4/h12-13,15H,5-11H2,1-4H3. The maximum atomic E-state index is 6.31. The van der Waals surface area contributed by atoms with Gasteiger partial charge in [0.15, 0.2) is 0 Å². The van der Waals surface area contributed by atoms with E-state index in [2.05, 4.69) is 32.6 Å². The third-order valence-corrected chi connectivity index (χ3v) is 4.27. The molecule has 2 nitrogen and oxygen atoms in total. The monoisotopic (exact) mass is 272 g/mol. The zero-order valence-corrected chi connectivity index (χ0v) is 13.7. The highest BCUT2D eigenvalue weighted by Gasteiger charge is 2.30. The largest absolute Gasteiger partial charge is 0.331 e. The van der Waals surface area contributed by atoms with E-state index in [1.165, 1.54) is 43.6 Å². The van der Waals surface area contributed by atoms with E-state index in [1.807, 2.05) is 0 Å². The van der Waals surface area contributed by atoms with E-state index in [1.54, 1.807) is 5.57 Å². The molecule has 1 atom stereocenters. The topological polar surface area (TPSA) is 15.6 Å². The second-order valence-electron chi connectivity index (χ2n) is 6.89. The van der Waals surface area contributed by atoms with E-state index in [9.17, 15) is 0 Å². The van der Waals surface area contributed by atoms with Gasteiger partial charge in [0.05, 0.1) is 7.85 Å². The average Bonchev–Trinajstić information content (AvgIpc) is 2.67. The van der Waals surface area contributed by atoms with Crippen molar-refractivity contribution in [1.82, 2.24) is 4.90 Å². The highest BCUT2D eigenvalue weighted by atomic mass is 15.2. The Morgan fingerprint density at radius 3 is 2.55 bits per heavy atom. The molecule has 3 heteroatoms. The number of aliphatic imine (C=N–C) groups is 1. The molecule has 1 aliphatic carbocycles. The molecule has 2 radical (unpaired) electrons. The number of hydrogen-bond donors (Lipinski definition) is 0. The van der Waals surface area contributed by atoms with Crippen LogP contribution in [0.15, 0.2) is 16.3 Å². The van der Waals surface area contributed by atoms with Gasteiger partial charge < -0.3 is 4.90 Å². The van der Waals surface area contributed by atoms with Crippen molar-refractivity contribution in [3.8, 4) is 0 Å². The van der Waals surface area contributed by atoms with E-state index in [-0.39, 0.29) is 0 Å². The Morgan fingerprint density at radius 1 is 1.15 bits per heavy atom. The van der Waals surface area contributed by atoms with Gasteiger partial charge in [0.25, 0.3) is 0 Å². The van der Waals surface area contributed by atoms with Gasteiger partial charge >= 0.3 is 0 Å². The quantitative estimate of drug-likeness (QED) is 0.677. The van der Waals surface area contributed by atoms with E-state index in [0.717, 1.165) is 12.8 Å². The smallest absolute Gasteiger partial charge is 0.108 e. The summed E-state index contributed by atoms with van der Waals surface area (Å²) in [5.41, 5.74) is 3.10. The SMILES string of the molecule is [B]C1CCCCCC2=C(CC(=NC(C)C)N2C(C)C)C1. The molecule has 20 heavy (non-hydrogen) atoms. The predicted molar refractivity (Wildman–Crippen MR) is 88.4 cm³/mol. The first kappa shape index (κ1) is 15.7. The van der Waals surface area contributed by atoms with E-state index < -0.39 is 0 Å². The minimum Gasteiger partial charge on any atom is -0.331 e. The Hall–Kier alpha value is -0.725. The molecule has 2 aliphatic rings. The van der Waals surface area contributed by atoms with Crippen molar-refractivity contribution < 1.29 is 0 Å². The van der Waals surface area contributed by atoms with E-state index in [4.69, 9.17) is 12.8 Å². The van der Waals surface area contributed by atoms with Crippen molar-refractivity contribution >= 4 is 13.7 Å². The molecule has 0 bridgehead atoms. The lowest BCUT2D eigenvalue weighted by Crippen LogP contribution is -2.33. The minimum atomic E-state index is 0.338. The van der Waals surface area contributed by atoms with Crippen LogP contribution in [0.3, 0.4) is 0 Å². The Kier molecular flexibility index (Phi) is 5.34. The normalized spacial score (nSPS) is 27.0. The Labute approximate surface area is 126 Å². The first-order valence-electron chi connectivity index (χ1n) is 8.31. The van der Waals surface area contributed by atoms with Crippen LogP contribution in [0.5, 0.6) is 0 Å². The third-order valence-electron chi connectivity index (χ3n) is 4.27. The average molecular weight is 272 g/mol. The van der Waals surface area contributed by atoms with Gasteiger partial charge in [-0.05, 0) is 52.5 Å². The lowest BCUT2D eigenvalue weighted by Gasteiger charge is -2.28. The Balaban J connectivity index is 2.29. The van der Waals surface area contributed by atoms with Crippen LogP contribution in [-0.4, -0.2) is 30.7 Å². The molecule has 0 aromatic heterocycles. The molecule has 2 rings (SSSR count). The van der Waals surface area contributed by atoms with Crippen LogP contribution in [0.2, 0.25) is 5.82 Å². The number of hydrogen-bond acceptors (Lipinski definition) is 1. The molecular formula is C17H29BN2. The van der Waals surface area contributed by atoms with Gasteiger partial charge in [-0.15, -0.1) is 0 Å². The molecule has 1 unspecified atom stereocenters. The van der Waals surface area contributed by atoms with Crippen LogP contribution in [0, 0.1) is 0 Å². The second kappa shape index (κ2) is 6.82. The molecule has 0 amide bonds. The lowest BCUT2D eigenvalue weighted by atomic mass is 9.78. The number of nitrogens with zero attached hydrogens (tertiary/aromatic N) is 2. The van der Waals surface area contributed by atoms with Crippen molar-refractivity contribution in [2.45, 2.75) is 90.5 Å². The summed E-state index contributed by atoms with van der Waals surface area (Å²) in [6, 6.07) is 0.866. The fourth-order valence-electron chi connectivity index (χ4n) is 3.50. The van der Waals surface area contributed by atoms with Crippen LogP contribution >= 0.6 is 0 Å². The van der Waals surface area contributed by atoms with Gasteiger partial charge in [0.1, 0.15) is 5.84 Å². The first-order valence-corrected chi connectivity index (χ1v) is 8.31. The van der Waals surface area contributed by atoms with Crippen molar-refractivity contribution in [3.05, 3.63) is 11.3 Å². The zero-order valence-electron chi connectivity index (χ0n) is 13.7. The van der Waals surface area contributed by atoms with E-state index >= 15 is 0 Å². The van der Waals surface area contributed by atoms with Crippen LogP contribution in [-0.2, 0) is 0 Å². The highest BCUT2D eigenvalue weighted by molar-refractivity contribution is 6.11. The third kappa shape index (κ3) is 3.68. The first-order chi connectivity index (χ1) is 9.49. The predicted octanol–water partition coefficient (Wildman–Crippen LogP) is 4.47. The van der Waals surface area contributed by atoms with Crippen molar-refractivity contribution in [2.24, 2.45) is 4.99 Å². The van der Waals surface area contributed by atoms with Gasteiger partial charge in [-0.3, -0.25) is 4.99 Å². The van der Waals surface area contributed by atoms with Gasteiger partial charge in [-0.2, -0.15) is 0 Å². The molecule has 1 heterocycles. The number of rotatable bonds is 2. The van der Waals surface area contributed by atoms with E-state index in [0.29, 0.717) is 17.9 Å². The van der Waals surface area contributed by atoms with Gasteiger partial charge in [0.2, 0.25) is 0 Å². The summed E-state index contributed by atoms with van der Waals surface area (Å²) in [5, 5.41) is 0. The summed E-state index contributed by atoms with van der Waals surface area (Å²) in [5.74, 6) is 1.61. The minimum absolute atomic E-state index is 0.338. The fourth-order valence-corrected chi connectivity index (χ4v) is 3.50. The molecule has 0 fully saturated rings. The van der Waals surface area contributed by atoms with Gasteiger partial charge in [0, 0.05) is 24.2 Å². The van der Waals surface area contributed by atoms with Gasteiger partial charge in [-0.25, -0.2) is 0 Å². The van der Waals surface area contributed by atoms with Crippen molar-refractivity contribution in [1.29, 1.82) is 0 Å². The fraction of sp³-hybridized carbons (Fsp3) is 0.824. The number of amidine groups is 1. The van der Waals surface area contributed by atoms with Crippen LogP contribution in [0.4, 0.5) is 0 Å². The van der Waals surface area contributed by atoms with Crippen LogP contribution < -0.4 is 0 Å². The summed E-state index contributed by atoms with van der Waals surface area (Å²) in [7, 11) is 6.31. The zero-order chi connectivity index (χ0) is 14.7. The van der Waals surface area contributed by atoms with Crippen molar-refractivity contribution in [2.75, 3.05) is 0 Å². The van der Waals surface area contributed by atoms with Crippen LogP contribution in [0.1, 0.15) is 72.6 Å². The molecular weight excluding hydrogens is 243 g/mol. The lowest BCUT2D eigenvalue weighted by molar-refractivity contribution is 0.408. The molecule has 0 N–H and O–H groups in total. The maximum absolute atomic E-state index is 6.31. The number of allylic oxidation sites excluding steroid dienone is 1. The van der Waals surface area contributed by atoms with Gasteiger partial charge in [-0.1, -0.05) is 25.1 Å². The highest BCUT2D eigenvalue weighted by Crippen LogP contribution is 2.37. The summed E-state index contributed by atoms with van der Waals surface area (Å²) < 4.78 is 0. The van der Waals surface area contributed by atoms with Crippen molar-refractivity contribution in [3.63, 3.8) is 0 Å². The molecule has 110 valence electrons. The second-order valence-corrected chi connectivity index (χ2v) is 6.89. The molecule has 1 aliphatic heterocycles. The maximum Gasteiger partial charge on any atom is 0.108 e. The summed E-state index contributed by atoms with van der Waals surface area (Å²) in [4.78, 5) is 7.37. The summed E-state index contributed by atoms with van der Waals surface area (Å²) >= 11 is 0. The molecule has 0 aromatic rings. The summed E-state index contributed by atoms with van der Waals surface area (Å²) in [6.07, 6.45) is 8.37. The Morgan fingerprint density at radius 2 is 1.90 bits per heavy atom. The van der Waals surface area contributed by atoms with Crippen LogP contribution in [0.25, 0.3) is 0 Å². The Bertz CT molecular complexity index is 396. The molecule has 0 saturated carbocycles. The molecule has 0 spiro atoms. The molecule has 0 aromatic carbocycles.